The highest BCUT2D eigenvalue weighted by Crippen LogP contribution is 2.37. The molecule has 0 saturated heterocycles. The van der Waals surface area contributed by atoms with Crippen molar-refractivity contribution in [2.75, 3.05) is 33.0 Å². The molecule has 1 aromatic heterocycles. The van der Waals surface area contributed by atoms with Gasteiger partial charge in [-0.3, -0.25) is 4.98 Å². The monoisotopic (exact) mass is 352 g/mol. The molecule has 2 aromatic rings. The standard InChI is InChI=1S/C20H24N4O2/c1-25-19-9-15(17(22)10-20(19)26-2)16(11-21)14-3-4-18(24-12-14)13-5-7-23-8-6-13/h3-5,9-12,23H,6-8,21-22H2,1-2H3/b16-11-. The Balaban J connectivity index is 1.96. The summed E-state index contributed by atoms with van der Waals surface area (Å²) in [5, 5.41) is 3.31. The molecule has 2 heterocycles. The molecule has 136 valence electrons. The largest absolute Gasteiger partial charge is 0.493 e. The van der Waals surface area contributed by atoms with Crippen LogP contribution in [-0.2, 0) is 0 Å². The molecule has 0 saturated carbocycles. The van der Waals surface area contributed by atoms with E-state index in [0.29, 0.717) is 17.2 Å². The zero-order chi connectivity index (χ0) is 18.5. The lowest BCUT2D eigenvalue weighted by atomic mass is 9.97. The number of nitrogens with one attached hydrogen (secondary N) is 1. The molecule has 0 unspecified atom stereocenters. The number of rotatable bonds is 5. The van der Waals surface area contributed by atoms with Crippen molar-refractivity contribution < 1.29 is 9.47 Å². The van der Waals surface area contributed by atoms with Crippen LogP contribution in [0.15, 0.2) is 42.7 Å². The van der Waals surface area contributed by atoms with Gasteiger partial charge in [-0.15, -0.1) is 0 Å². The Hall–Kier alpha value is -2.99. The Morgan fingerprint density at radius 3 is 2.54 bits per heavy atom. The van der Waals surface area contributed by atoms with Crippen molar-refractivity contribution in [2.24, 2.45) is 5.73 Å². The maximum atomic E-state index is 6.21. The van der Waals surface area contributed by atoms with E-state index in [4.69, 9.17) is 20.9 Å². The van der Waals surface area contributed by atoms with Crippen LogP contribution in [0.25, 0.3) is 11.1 Å². The molecule has 0 aliphatic carbocycles. The molecule has 3 rings (SSSR count). The van der Waals surface area contributed by atoms with Gasteiger partial charge in [0.15, 0.2) is 11.5 Å². The van der Waals surface area contributed by atoms with Crippen molar-refractivity contribution in [3.05, 3.63) is 59.6 Å². The van der Waals surface area contributed by atoms with Gasteiger partial charge in [-0.2, -0.15) is 0 Å². The molecule has 0 fully saturated rings. The predicted molar refractivity (Wildman–Crippen MR) is 105 cm³/mol. The summed E-state index contributed by atoms with van der Waals surface area (Å²) in [6, 6.07) is 7.60. The van der Waals surface area contributed by atoms with E-state index in [9.17, 15) is 0 Å². The van der Waals surface area contributed by atoms with Gasteiger partial charge in [0.1, 0.15) is 0 Å². The second kappa shape index (κ2) is 7.93. The highest BCUT2D eigenvalue weighted by molar-refractivity contribution is 5.86. The first-order valence-corrected chi connectivity index (χ1v) is 8.48. The predicted octanol–water partition coefficient (Wildman–Crippen LogP) is 2.41. The first-order chi connectivity index (χ1) is 12.7. The number of nitrogens with zero attached hydrogens (tertiary/aromatic N) is 1. The van der Waals surface area contributed by atoms with Crippen LogP contribution in [0.3, 0.4) is 0 Å². The van der Waals surface area contributed by atoms with Gasteiger partial charge < -0.3 is 26.3 Å². The number of benzene rings is 1. The topological polar surface area (TPSA) is 95.4 Å². The van der Waals surface area contributed by atoms with Gasteiger partial charge in [0, 0.05) is 47.4 Å². The van der Waals surface area contributed by atoms with Gasteiger partial charge >= 0.3 is 0 Å². The van der Waals surface area contributed by atoms with Crippen molar-refractivity contribution in [3.63, 3.8) is 0 Å². The van der Waals surface area contributed by atoms with E-state index in [1.807, 2.05) is 24.4 Å². The molecule has 5 N–H and O–H groups in total. The molecule has 0 amide bonds. The first kappa shape index (κ1) is 17.8. The molecule has 0 radical (unpaired) electrons. The summed E-state index contributed by atoms with van der Waals surface area (Å²) in [6.07, 6.45) is 6.53. The van der Waals surface area contributed by atoms with Gasteiger partial charge in [-0.25, -0.2) is 0 Å². The smallest absolute Gasteiger partial charge is 0.162 e. The molecule has 6 nitrogen and oxygen atoms in total. The molecular weight excluding hydrogens is 328 g/mol. The van der Waals surface area contributed by atoms with Crippen LogP contribution >= 0.6 is 0 Å². The van der Waals surface area contributed by atoms with E-state index in [-0.39, 0.29) is 0 Å². The number of methoxy groups -OCH3 is 2. The molecule has 1 aromatic carbocycles. The fourth-order valence-corrected chi connectivity index (χ4v) is 3.07. The van der Waals surface area contributed by atoms with Crippen LogP contribution in [0.5, 0.6) is 11.5 Å². The van der Waals surface area contributed by atoms with Gasteiger partial charge in [-0.05, 0) is 30.7 Å². The third-order valence-corrected chi connectivity index (χ3v) is 4.48. The third-order valence-electron chi connectivity index (χ3n) is 4.48. The number of ether oxygens (including phenoxy) is 2. The molecule has 0 atom stereocenters. The fourth-order valence-electron chi connectivity index (χ4n) is 3.07. The van der Waals surface area contributed by atoms with Crippen LogP contribution in [0, 0.1) is 0 Å². The number of nitrogen functional groups attached to an aromatic ring is 1. The van der Waals surface area contributed by atoms with Gasteiger partial charge in [0.25, 0.3) is 0 Å². The lowest BCUT2D eigenvalue weighted by molar-refractivity contribution is 0.355. The van der Waals surface area contributed by atoms with Crippen molar-refractivity contribution in [1.82, 2.24) is 10.3 Å². The first-order valence-electron chi connectivity index (χ1n) is 8.48. The Morgan fingerprint density at radius 2 is 1.96 bits per heavy atom. The Labute approximate surface area is 153 Å². The number of hydrogen-bond donors (Lipinski definition) is 3. The van der Waals surface area contributed by atoms with Gasteiger partial charge in [0.05, 0.1) is 19.9 Å². The van der Waals surface area contributed by atoms with E-state index in [2.05, 4.69) is 16.4 Å². The summed E-state index contributed by atoms with van der Waals surface area (Å²) >= 11 is 0. The van der Waals surface area contributed by atoms with E-state index in [1.165, 1.54) is 11.8 Å². The fraction of sp³-hybridized carbons (Fsp3) is 0.250. The molecular formula is C20H24N4O2. The normalized spacial score (nSPS) is 14.7. The minimum atomic E-state index is 0.560. The average molecular weight is 352 g/mol. The highest BCUT2D eigenvalue weighted by Gasteiger charge is 2.15. The van der Waals surface area contributed by atoms with Crippen molar-refractivity contribution >= 4 is 16.8 Å². The minimum absolute atomic E-state index is 0.560. The Kier molecular flexibility index (Phi) is 5.43. The van der Waals surface area contributed by atoms with Gasteiger partial charge in [-0.1, -0.05) is 12.1 Å². The maximum Gasteiger partial charge on any atom is 0.162 e. The van der Waals surface area contributed by atoms with Crippen molar-refractivity contribution in [2.45, 2.75) is 6.42 Å². The van der Waals surface area contributed by atoms with E-state index in [0.717, 1.165) is 41.9 Å². The molecule has 0 spiro atoms. The van der Waals surface area contributed by atoms with E-state index >= 15 is 0 Å². The third kappa shape index (κ3) is 3.50. The van der Waals surface area contributed by atoms with E-state index < -0.39 is 0 Å². The van der Waals surface area contributed by atoms with Crippen molar-refractivity contribution in [1.29, 1.82) is 0 Å². The lowest BCUT2D eigenvalue weighted by Gasteiger charge is -2.16. The summed E-state index contributed by atoms with van der Waals surface area (Å²) in [4.78, 5) is 4.61. The van der Waals surface area contributed by atoms with Crippen LogP contribution < -0.4 is 26.3 Å². The zero-order valence-corrected chi connectivity index (χ0v) is 15.1. The number of pyridine rings is 1. The van der Waals surface area contributed by atoms with Crippen LogP contribution in [0.1, 0.15) is 23.2 Å². The summed E-state index contributed by atoms with van der Waals surface area (Å²) in [5.41, 5.74) is 17.4. The Bertz CT molecular complexity index is 842. The second-order valence-corrected chi connectivity index (χ2v) is 5.99. The van der Waals surface area contributed by atoms with Gasteiger partial charge in [0.2, 0.25) is 0 Å². The summed E-state index contributed by atoms with van der Waals surface area (Å²) in [7, 11) is 3.17. The van der Waals surface area contributed by atoms with Crippen LogP contribution in [0.2, 0.25) is 0 Å². The quantitative estimate of drug-likeness (QED) is 0.715. The number of hydrogen-bond acceptors (Lipinski definition) is 6. The Morgan fingerprint density at radius 1 is 1.19 bits per heavy atom. The zero-order valence-electron chi connectivity index (χ0n) is 15.1. The maximum absolute atomic E-state index is 6.21. The number of aromatic nitrogens is 1. The molecule has 26 heavy (non-hydrogen) atoms. The molecule has 1 aliphatic rings. The molecule has 0 bridgehead atoms. The SMILES string of the molecule is COc1cc(N)c(/C(=C\N)c2ccc(C3=CCNCC3)nc2)cc1OC. The summed E-state index contributed by atoms with van der Waals surface area (Å²) < 4.78 is 10.7. The summed E-state index contributed by atoms with van der Waals surface area (Å²) in [6.45, 7) is 1.86. The highest BCUT2D eigenvalue weighted by atomic mass is 16.5. The molecule has 1 aliphatic heterocycles. The lowest BCUT2D eigenvalue weighted by Crippen LogP contribution is -2.20. The van der Waals surface area contributed by atoms with E-state index in [1.54, 1.807) is 20.3 Å². The number of anilines is 1. The van der Waals surface area contributed by atoms with Crippen LogP contribution in [-0.4, -0.2) is 32.3 Å². The van der Waals surface area contributed by atoms with Crippen molar-refractivity contribution in [3.8, 4) is 11.5 Å². The second-order valence-electron chi connectivity index (χ2n) is 5.99. The number of nitrogens with two attached hydrogens (primary N) is 2. The molecule has 6 heteroatoms. The average Bonchev–Trinajstić information content (AvgIpc) is 2.70. The summed E-state index contributed by atoms with van der Waals surface area (Å²) in [5.74, 6) is 1.18. The minimum Gasteiger partial charge on any atom is -0.493 e. The van der Waals surface area contributed by atoms with Crippen LogP contribution in [0.4, 0.5) is 5.69 Å².